The molecule has 0 amide bonds. The Balaban J connectivity index is 2.39. The lowest BCUT2D eigenvalue weighted by molar-refractivity contribution is -0.144. The van der Waals surface area contributed by atoms with Gasteiger partial charge in [0.15, 0.2) is 0 Å². The molecular formula is C15H30N2O2. The topological polar surface area (TPSA) is 43.8 Å². The van der Waals surface area contributed by atoms with Crippen LogP contribution in [0.5, 0.6) is 0 Å². The standard InChI is InChI=1S/C15H30N2O2/c1-16(2)12-8-7-11-14(15(18)19)17(3)13-9-5-4-6-10-13/h13-14H,4-12H2,1-3H3,(H,18,19). The molecule has 0 aromatic heterocycles. The molecule has 1 unspecified atom stereocenters. The van der Waals surface area contributed by atoms with Crippen LogP contribution in [0.15, 0.2) is 0 Å². The van der Waals surface area contributed by atoms with Crippen molar-refractivity contribution in [1.29, 1.82) is 0 Å². The Morgan fingerprint density at radius 1 is 1.16 bits per heavy atom. The van der Waals surface area contributed by atoms with E-state index >= 15 is 0 Å². The molecule has 112 valence electrons. The molecule has 0 bridgehead atoms. The average Bonchev–Trinajstić information content (AvgIpc) is 2.38. The summed E-state index contributed by atoms with van der Waals surface area (Å²) in [4.78, 5) is 15.7. The monoisotopic (exact) mass is 270 g/mol. The van der Waals surface area contributed by atoms with E-state index in [2.05, 4.69) is 23.9 Å². The fourth-order valence-electron chi connectivity index (χ4n) is 3.01. The summed E-state index contributed by atoms with van der Waals surface area (Å²) in [5.74, 6) is -0.655. The van der Waals surface area contributed by atoms with E-state index in [9.17, 15) is 9.90 Å². The van der Waals surface area contributed by atoms with Gasteiger partial charge >= 0.3 is 5.97 Å². The van der Waals surface area contributed by atoms with Crippen LogP contribution >= 0.6 is 0 Å². The Morgan fingerprint density at radius 2 is 1.79 bits per heavy atom. The average molecular weight is 270 g/mol. The fourth-order valence-corrected chi connectivity index (χ4v) is 3.01. The van der Waals surface area contributed by atoms with E-state index in [4.69, 9.17) is 0 Å². The molecule has 4 heteroatoms. The number of hydrogen-bond acceptors (Lipinski definition) is 3. The van der Waals surface area contributed by atoms with Crippen molar-refractivity contribution in [1.82, 2.24) is 9.80 Å². The molecule has 0 aromatic carbocycles. The largest absolute Gasteiger partial charge is 0.480 e. The van der Waals surface area contributed by atoms with Crippen molar-refractivity contribution < 1.29 is 9.90 Å². The predicted molar refractivity (Wildman–Crippen MR) is 78.5 cm³/mol. The van der Waals surface area contributed by atoms with Crippen LogP contribution in [0.3, 0.4) is 0 Å². The maximum absolute atomic E-state index is 11.5. The maximum atomic E-state index is 11.5. The fraction of sp³-hybridized carbons (Fsp3) is 0.933. The van der Waals surface area contributed by atoms with Gasteiger partial charge in [0, 0.05) is 6.04 Å². The second-order valence-electron chi connectivity index (χ2n) is 6.11. The normalized spacial score (nSPS) is 19.0. The van der Waals surface area contributed by atoms with E-state index in [0.29, 0.717) is 6.04 Å². The van der Waals surface area contributed by atoms with Crippen LogP contribution in [0.1, 0.15) is 51.4 Å². The number of unbranched alkanes of at least 4 members (excludes halogenated alkanes) is 1. The predicted octanol–water partition coefficient (Wildman–Crippen LogP) is 2.44. The summed E-state index contributed by atoms with van der Waals surface area (Å²) in [6.45, 7) is 1.04. The third-order valence-corrected chi connectivity index (χ3v) is 4.26. The molecule has 0 saturated heterocycles. The summed E-state index contributed by atoms with van der Waals surface area (Å²) in [5, 5.41) is 9.43. The number of nitrogens with zero attached hydrogens (tertiary/aromatic N) is 2. The van der Waals surface area contributed by atoms with Gasteiger partial charge in [-0.3, -0.25) is 9.69 Å². The zero-order valence-electron chi connectivity index (χ0n) is 12.8. The van der Waals surface area contributed by atoms with Gasteiger partial charge in [0.2, 0.25) is 0 Å². The summed E-state index contributed by atoms with van der Waals surface area (Å²) in [6, 6.07) is 0.175. The minimum atomic E-state index is -0.655. The molecule has 4 nitrogen and oxygen atoms in total. The molecule has 0 aliphatic heterocycles. The summed E-state index contributed by atoms with van der Waals surface area (Å²) < 4.78 is 0. The SMILES string of the molecule is CN(C)CCCCC(C(=O)O)N(C)C1CCCCC1. The Morgan fingerprint density at radius 3 is 2.32 bits per heavy atom. The van der Waals surface area contributed by atoms with Crippen LogP contribution < -0.4 is 0 Å². The van der Waals surface area contributed by atoms with Crippen LogP contribution in [0, 0.1) is 0 Å². The van der Waals surface area contributed by atoms with Crippen molar-refractivity contribution in [3.05, 3.63) is 0 Å². The van der Waals surface area contributed by atoms with Gasteiger partial charge in [-0.2, -0.15) is 0 Å². The Labute approximate surface area is 117 Å². The highest BCUT2D eigenvalue weighted by Crippen LogP contribution is 2.24. The molecule has 0 heterocycles. The first-order chi connectivity index (χ1) is 9.02. The second-order valence-corrected chi connectivity index (χ2v) is 6.11. The Hall–Kier alpha value is -0.610. The third-order valence-electron chi connectivity index (χ3n) is 4.26. The van der Waals surface area contributed by atoms with Gasteiger partial charge in [0.1, 0.15) is 6.04 Å². The van der Waals surface area contributed by atoms with Crippen molar-refractivity contribution in [3.63, 3.8) is 0 Å². The lowest BCUT2D eigenvalue weighted by atomic mass is 9.93. The number of carbonyl (C=O) groups is 1. The van der Waals surface area contributed by atoms with Crippen LogP contribution in [-0.4, -0.2) is 60.6 Å². The zero-order valence-corrected chi connectivity index (χ0v) is 12.8. The molecule has 0 radical (unpaired) electrons. The minimum Gasteiger partial charge on any atom is -0.480 e. The summed E-state index contributed by atoms with van der Waals surface area (Å²) in [6.07, 6.45) is 8.99. The van der Waals surface area contributed by atoms with E-state index in [1.165, 1.54) is 19.3 Å². The first-order valence-corrected chi connectivity index (χ1v) is 7.62. The molecule has 19 heavy (non-hydrogen) atoms. The van der Waals surface area contributed by atoms with Crippen molar-refractivity contribution in [3.8, 4) is 0 Å². The molecular weight excluding hydrogens is 240 g/mol. The maximum Gasteiger partial charge on any atom is 0.320 e. The zero-order chi connectivity index (χ0) is 14.3. The molecule has 0 spiro atoms. The molecule has 1 saturated carbocycles. The van der Waals surface area contributed by atoms with Gasteiger partial charge in [0.25, 0.3) is 0 Å². The molecule has 1 rings (SSSR count). The van der Waals surface area contributed by atoms with Crippen molar-refractivity contribution in [2.24, 2.45) is 0 Å². The van der Waals surface area contributed by atoms with Crippen LogP contribution in [-0.2, 0) is 4.79 Å². The first-order valence-electron chi connectivity index (χ1n) is 7.62. The number of carboxylic acids is 1. The highest BCUT2D eigenvalue weighted by molar-refractivity contribution is 5.73. The molecule has 1 N–H and O–H groups in total. The Bertz CT molecular complexity index is 263. The number of aliphatic carboxylic acids is 1. The number of carboxylic acid groups (broad SMARTS) is 1. The second kappa shape index (κ2) is 8.54. The van der Waals surface area contributed by atoms with Gasteiger partial charge in [-0.25, -0.2) is 0 Å². The Kier molecular flexibility index (Phi) is 7.39. The lowest BCUT2D eigenvalue weighted by Crippen LogP contribution is -2.45. The van der Waals surface area contributed by atoms with E-state index in [1.54, 1.807) is 0 Å². The first kappa shape index (κ1) is 16.4. The van der Waals surface area contributed by atoms with Gasteiger partial charge in [-0.05, 0) is 53.4 Å². The molecule has 1 atom stereocenters. The van der Waals surface area contributed by atoms with E-state index < -0.39 is 5.97 Å². The van der Waals surface area contributed by atoms with Crippen LogP contribution in [0.4, 0.5) is 0 Å². The van der Waals surface area contributed by atoms with Crippen LogP contribution in [0.25, 0.3) is 0 Å². The van der Waals surface area contributed by atoms with Gasteiger partial charge in [-0.1, -0.05) is 25.7 Å². The molecule has 1 aliphatic rings. The lowest BCUT2D eigenvalue weighted by Gasteiger charge is -2.35. The highest BCUT2D eigenvalue weighted by Gasteiger charge is 2.28. The van der Waals surface area contributed by atoms with Crippen molar-refractivity contribution >= 4 is 5.97 Å². The van der Waals surface area contributed by atoms with Gasteiger partial charge in [-0.15, -0.1) is 0 Å². The number of likely N-dealkylation sites (N-methyl/N-ethyl adjacent to an activating group) is 1. The van der Waals surface area contributed by atoms with E-state index in [1.807, 2.05) is 7.05 Å². The van der Waals surface area contributed by atoms with Crippen molar-refractivity contribution in [2.75, 3.05) is 27.7 Å². The minimum absolute atomic E-state index is 0.301. The van der Waals surface area contributed by atoms with E-state index in [-0.39, 0.29) is 6.04 Å². The van der Waals surface area contributed by atoms with Crippen LogP contribution in [0.2, 0.25) is 0 Å². The van der Waals surface area contributed by atoms with Crippen molar-refractivity contribution in [2.45, 2.75) is 63.5 Å². The molecule has 1 aliphatic carbocycles. The third kappa shape index (κ3) is 5.91. The summed E-state index contributed by atoms with van der Waals surface area (Å²) >= 11 is 0. The van der Waals surface area contributed by atoms with E-state index in [0.717, 1.165) is 38.6 Å². The highest BCUT2D eigenvalue weighted by atomic mass is 16.4. The molecule has 1 fully saturated rings. The van der Waals surface area contributed by atoms with Gasteiger partial charge < -0.3 is 10.0 Å². The summed E-state index contributed by atoms with van der Waals surface area (Å²) in [5.41, 5.74) is 0. The number of rotatable bonds is 8. The number of hydrogen-bond donors (Lipinski definition) is 1. The quantitative estimate of drug-likeness (QED) is 0.688. The van der Waals surface area contributed by atoms with Gasteiger partial charge in [0.05, 0.1) is 0 Å². The smallest absolute Gasteiger partial charge is 0.320 e. The molecule has 0 aromatic rings. The summed E-state index contributed by atoms with van der Waals surface area (Å²) in [7, 11) is 6.12.